The third kappa shape index (κ3) is 2.79. The van der Waals surface area contributed by atoms with Gasteiger partial charge in [-0.3, -0.25) is 0 Å². The molecule has 1 saturated heterocycles. The number of amides is 1. The van der Waals surface area contributed by atoms with E-state index in [0.29, 0.717) is 19.5 Å². The normalized spacial score (nSPS) is 16.5. The van der Waals surface area contributed by atoms with E-state index < -0.39 is 6.09 Å². The molecule has 0 spiro atoms. The fraction of sp³-hybridized carbons (Fsp3) is 0.556. The third-order valence-electron chi connectivity index (χ3n) is 2.16. The van der Waals surface area contributed by atoms with Crippen molar-refractivity contribution in [3.8, 4) is 6.07 Å². The fourth-order valence-corrected chi connectivity index (χ4v) is 1.38. The summed E-state index contributed by atoms with van der Waals surface area (Å²) in [6.07, 6.45) is 3.03. The molecular formula is C9H12N2O2. The van der Waals surface area contributed by atoms with Crippen molar-refractivity contribution < 1.29 is 9.90 Å². The zero-order valence-corrected chi connectivity index (χ0v) is 7.36. The summed E-state index contributed by atoms with van der Waals surface area (Å²) in [5.41, 5.74) is 1.21. The molecule has 0 aliphatic carbocycles. The number of carboxylic acid groups (broad SMARTS) is 1. The Balaban J connectivity index is 2.39. The SMILES string of the molecule is N#CCC=C1CCN(C(=O)O)CC1. The Morgan fingerprint density at radius 1 is 1.62 bits per heavy atom. The van der Waals surface area contributed by atoms with Crippen molar-refractivity contribution in [2.24, 2.45) is 0 Å². The number of rotatable bonds is 1. The first-order valence-electron chi connectivity index (χ1n) is 4.26. The number of hydrogen-bond donors (Lipinski definition) is 1. The molecule has 0 saturated carbocycles. The lowest BCUT2D eigenvalue weighted by molar-refractivity contribution is 0.141. The predicted molar refractivity (Wildman–Crippen MR) is 47.1 cm³/mol. The zero-order chi connectivity index (χ0) is 9.68. The van der Waals surface area contributed by atoms with Gasteiger partial charge in [-0.05, 0) is 12.8 Å². The molecule has 1 N–H and O–H groups in total. The van der Waals surface area contributed by atoms with Crippen LogP contribution in [0.25, 0.3) is 0 Å². The van der Waals surface area contributed by atoms with Crippen molar-refractivity contribution in [1.29, 1.82) is 5.26 Å². The van der Waals surface area contributed by atoms with Crippen LogP contribution in [-0.2, 0) is 0 Å². The summed E-state index contributed by atoms with van der Waals surface area (Å²) >= 11 is 0. The average molecular weight is 180 g/mol. The van der Waals surface area contributed by atoms with Gasteiger partial charge in [0.15, 0.2) is 0 Å². The van der Waals surface area contributed by atoms with Crippen LogP contribution < -0.4 is 0 Å². The number of allylic oxidation sites excluding steroid dienone is 1. The highest BCUT2D eigenvalue weighted by Gasteiger charge is 2.17. The molecule has 0 unspecified atom stereocenters. The van der Waals surface area contributed by atoms with Gasteiger partial charge in [-0.2, -0.15) is 5.26 Å². The minimum Gasteiger partial charge on any atom is -0.465 e. The third-order valence-corrected chi connectivity index (χ3v) is 2.16. The second-order valence-electron chi connectivity index (χ2n) is 2.99. The van der Waals surface area contributed by atoms with Crippen molar-refractivity contribution in [3.63, 3.8) is 0 Å². The molecule has 1 heterocycles. The lowest BCUT2D eigenvalue weighted by Gasteiger charge is -2.25. The summed E-state index contributed by atoms with van der Waals surface area (Å²) in [4.78, 5) is 11.9. The van der Waals surface area contributed by atoms with Crippen molar-refractivity contribution in [3.05, 3.63) is 11.6 Å². The first kappa shape index (κ1) is 9.59. The van der Waals surface area contributed by atoms with Crippen LogP contribution in [-0.4, -0.2) is 29.2 Å². The van der Waals surface area contributed by atoms with E-state index in [1.807, 2.05) is 12.1 Å². The molecule has 0 bridgehead atoms. The molecule has 1 rings (SSSR count). The summed E-state index contributed by atoms with van der Waals surface area (Å²) in [5.74, 6) is 0. The maximum Gasteiger partial charge on any atom is 0.407 e. The highest BCUT2D eigenvalue weighted by Crippen LogP contribution is 2.16. The average Bonchev–Trinajstić information content (AvgIpc) is 2.15. The van der Waals surface area contributed by atoms with Crippen LogP contribution in [0.5, 0.6) is 0 Å². The lowest BCUT2D eigenvalue weighted by Crippen LogP contribution is -2.35. The van der Waals surface area contributed by atoms with Crippen LogP contribution in [0.4, 0.5) is 4.79 Å². The van der Waals surface area contributed by atoms with E-state index in [2.05, 4.69) is 0 Å². The number of carbonyl (C=O) groups is 1. The molecule has 13 heavy (non-hydrogen) atoms. The minimum absolute atomic E-state index is 0.433. The van der Waals surface area contributed by atoms with E-state index in [1.165, 1.54) is 10.5 Å². The van der Waals surface area contributed by atoms with Gasteiger partial charge in [0.25, 0.3) is 0 Å². The standard InChI is InChI=1S/C9H12N2O2/c10-5-1-2-8-3-6-11(7-4-8)9(12)13/h2H,1,3-4,6-7H2,(H,12,13). The molecule has 0 aromatic heterocycles. The molecule has 1 aliphatic rings. The van der Waals surface area contributed by atoms with E-state index in [9.17, 15) is 4.79 Å². The van der Waals surface area contributed by atoms with Gasteiger partial charge < -0.3 is 10.0 Å². The van der Waals surface area contributed by atoms with E-state index in [1.54, 1.807) is 0 Å². The van der Waals surface area contributed by atoms with Crippen LogP contribution >= 0.6 is 0 Å². The number of likely N-dealkylation sites (tertiary alicyclic amines) is 1. The van der Waals surface area contributed by atoms with Gasteiger partial charge in [-0.1, -0.05) is 11.6 Å². The first-order valence-corrected chi connectivity index (χ1v) is 4.26. The minimum atomic E-state index is -0.848. The molecular weight excluding hydrogens is 168 g/mol. The molecule has 0 radical (unpaired) electrons. The largest absolute Gasteiger partial charge is 0.465 e. The summed E-state index contributed by atoms with van der Waals surface area (Å²) in [6, 6.07) is 2.04. The Labute approximate surface area is 77.1 Å². The van der Waals surface area contributed by atoms with Gasteiger partial charge >= 0.3 is 6.09 Å². The maximum absolute atomic E-state index is 10.5. The van der Waals surface area contributed by atoms with Gasteiger partial charge in [-0.15, -0.1) is 0 Å². The highest BCUT2D eigenvalue weighted by atomic mass is 16.4. The molecule has 0 aromatic rings. The number of hydrogen-bond acceptors (Lipinski definition) is 2. The number of piperidine rings is 1. The highest BCUT2D eigenvalue weighted by molar-refractivity contribution is 5.65. The Morgan fingerprint density at radius 3 is 2.69 bits per heavy atom. The van der Waals surface area contributed by atoms with Crippen molar-refractivity contribution >= 4 is 6.09 Å². The summed E-state index contributed by atoms with van der Waals surface area (Å²) < 4.78 is 0. The van der Waals surface area contributed by atoms with E-state index >= 15 is 0 Å². The van der Waals surface area contributed by atoms with Gasteiger partial charge in [0.05, 0.1) is 12.5 Å². The summed E-state index contributed by atoms with van der Waals surface area (Å²) in [5, 5.41) is 17.0. The van der Waals surface area contributed by atoms with Crippen molar-refractivity contribution in [1.82, 2.24) is 4.90 Å². The molecule has 1 amide bonds. The van der Waals surface area contributed by atoms with Gasteiger partial charge in [0, 0.05) is 13.1 Å². The molecule has 70 valence electrons. The summed E-state index contributed by atoms with van der Waals surface area (Å²) in [6.45, 7) is 1.12. The van der Waals surface area contributed by atoms with Crippen LogP contribution in [0.1, 0.15) is 19.3 Å². The van der Waals surface area contributed by atoms with Crippen LogP contribution in [0.2, 0.25) is 0 Å². The molecule has 1 fully saturated rings. The van der Waals surface area contributed by atoms with Gasteiger partial charge in [0.1, 0.15) is 0 Å². The topological polar surface area (TPSA) is 64.3 Å². The van der Waals surface area contributed by atoms with E-state index in [-0.39, 0.29) is 0 Å². The summed E-state index contributed by atoms with van der Waals surface area (Å²) in [7, 11) is 0. The van der Waals surface area contributed by atoms with E-state index in [4.69, 9.17) is 10.4 Å². The molecule has 0 atom stereocenters. The number of nitriles is 1. The molecule has 4 heteroatoms. The Kier molecular flexibility index (Phi) is 3.32. The van der Waals surface area contributed by atoms with E-state index in [0.717, 1.165) is 12.8 Å². The molecule has 1 aliphatic heterocycles. The Bertz CT molecular complexity index is 255. The number of nitrogens with zero attached hydrogens (tertiary/aromatic N) is 2. The second-order valence-corrected chi connectivity index (χ2v) is 2.99. The first-order chi connectivity index (χ1) is 6.24. The smallest absolute Gasteiger partial charge is 0.407 e. The molecule has 4 nitrogen and oxygen atoms in total. The Morgan fingerprint density at radius 2 is 2.23 bits per heavy atom. The van der Waals surface area contributed by atoms with Crippen LogP contribution in [0, 0.1) is 11.3 Å². The Hall–Kier alpha value is -1.50. The van der Waals surface area contributed by atoms with Crippen LogP contribution in [0.3, 0.4) is 0 Å². The van der Waals surface area contributed by atoms with Crippen molar-refractivity contribution in [2.45, 2.75) is 19.3 Å². The maximum atomic E-state index is 10.5. The van der Waals surface area contributed by atoms with Crippen molar-refractivity contribution in [2.75, 3.05) is 13.1 Å². The van der Waals surface area contributed by atoms with Gasteiger partial charge in [-0.25, -0.2) is 4.79 Å². The predicted octanol–water partition coefficient (Wildman–Crippen LogP) is 1.60. The van der Waals surface area contributed by atoms with Gasteiger partial charge in [0.2, 0.25) is 0 Å². The van der Waals surface area contributed by atoms with Crippen LogP contribution in [0.15, 0.2) is 11.6 Å². The zero-order valence-electron chi connectivity index (χ0n) is 7.36. The second kappa shape index (κ2) is 4.51. The molecule has 0 aromatic carbocycles. The lowest BCUT2D eigenvalue weighted by atomic mass is 10.0. The quantitative estimate of drug-likeness (QED) is 0.623. The monoisotopic (exact) mass is 180 g/mol. The fourth-order valence-electron chi connectivity index (χ4n) is 1.38.